The second kappa shape index (κ2) is 17.5. The molecule has 1 saturated carbocycles. The first-order valence-electron chi connectivity index (χ1n) is 14.0. The van der Waals surface area contributed by atoms with Gasteiger partial charge in [-0.15, -0.1) is 0 Å². The molecule has 8 nitrogen and oxygen atoms in total. The summed E-state index contributed by atoms with van der Waals surface area (Å²) >= 11 is 0. The van der Waals surface area contributed by atoms with Crippen LogP contribution in [0.25, 0.3) is 0 Å². The Bertz CT molecular complexity index is 1200. The molecule has 0 unspecified atom stereocenters. The van der Waals surface area contributed by atoms with Crippen molar-refractivity contribution in [1.82, 2.24) is 10.6 Å². The standard InChI is InChI=1S/C24H30N2O.C9H12N2O2.H2O/c1-3-18-13-15-19(16-14-18)21-11-7-8-12-22(21)24(27)26-23(17(2)25)20-9-5-4-6-10-20;12-7-6-10-9(13)11-8-4-2-1-3-5-8;/h4-6,9-10,13-16,21-23H,2-3,7-8,11-12,25H2,1H3,(H,26,27);1-5,12H,6-7H2,(H2,10,11,13);1H2/t21-,22+,23+;;/m0../s1. The number of anilines is 1. The molecule has 3 aromatic rings. The minimum Gasteiger partial charge on any atom is -0.412 e. The van der Waals surface area contributed by atoms with Crippen molar-refractivity contribution in [3.05, 3.63) is 114 Å². The number of rotatable bonds is 9. The van der Waals surface area contributed by atoms with Gasteiger partial charge in [0.15, 0.2) is 0 Å². The molecule has 1 aliphatic rings. The van der Waals surface area contributed by atoms with Crippen molar-refractivity contribution in [2.75, 3.05) is 18.5 Å². The number of nitrogens with two attached hydrogens (primary N) is 1. The molecule has 41 heavy (non-hydrogen) atoms. The number of para-hydroxylation sites is 1. The van der Waals surface area contributed by atoms with Gasteiger partial charge < -0.3 is 32.3 Å². The lowest BCUT2D eigenvalue weighted by Gasteiger charge is -2.32. The quantitative estimate of drug-likeness (QED) is 0.255. The van der Waals surface area contributed by atoms with Crippen LogP contribution in [0.3, 0.4) is 0 Å². The van der Waals surface area contributed by atoms with Crippen LogP contribution in [-0.2, 0) is 11.2 Å². The first-order chi connectivity index (χ1) is 19.4. The lowest BCUT2D eigenvalue weighted by atomic mass is 9.74. The number of urea groups is 1. The maximum absolute atomic E-state index is 13.2. The van der Waals surface area contributed by atoms with E-state index in [0.717, 1.165) is 36.9 Å². The van der Waals surface area contributed by atoms with Gasteiger partial charge in [0, 0.05) is 23.8 Å². The van der Waals surface area contributed by atoms with Gasteiger partial charge in [-0.3, -0.25) is 4.79 Å². The fraction of sp³-hybridized carbons (Fsp3) is 0.333. The summed E-state index contributed by atoms with van der Waals surface area (Å²) in [6.07, 6.45) is 5.29. The van der Waals surface area contributed by atoms with Crippen molar-refractivity contribution >= 4 is 17.6 Å². The van der Waals surface area contributed by atoms with E-state index in [1.807, 2.05) is 48.5 Å². The van der Waals surface area contributed by atoms with Crippen molar-refractivity contribution in [3.8, 4) is 0 Å². The summed E-state index contributed by atoms with van der Waals surface area (Å²) in [6, 6.07) is 27.1. The Morgan fingerprint density at radius 1 is 0.951 bits per heavy atom. The summed E-state index contributed by atoms with van der Waals surface area (Å²) in [5, 5.41) is 16.7. The summed E-state index contributed by atoms with van der Waals surface area (Å²) < 4.78 is 0. The van der Waals surface area contributed by atoms with Crippen molar-refractivity contribution in [3.63, 3.8) is 0 Å². The van der Waals surface area contributed by atoms with Crippen molar-refractivity contribution in [2.45, 2.75) is 51.0 Å². The SMILES string of the molecule is C=C(N)[C@@H](NC(=O)[C@@H]1CCCC[C@H]1c1ccc(CC)cc1)c1ccccc1.O.O=C(NCCO)Nc1ccccc1. The molecule has 220 valence electrons. The Morgan fingerprint density at radius 3 is 2.15 bits per heavy atom. The zero-order valence-corrected chi connectivity index (χ0v) is 23.8. The highest BCUT2D eigenvalue weighted by Crippen LogP contribution is 2.38. The molecule has 1 aliphatic carbocycles. The number of benzene rings is 3. The number of hydrogen-bond acceptors (Lipinski definition) is 4. The predicted octanol–water partition coefficient (Wildman–Crippen LogP) is 4.83. The highest BCUT2D eigenvalue weighted by atomic mass is 16.3. The van der Waals surface area contributed by atoms with Crippen molar-refractivity contribution in [1.29, 1.82) is 0 Å². The van der Waals surface area contributed by atoms with Crippen molar-refractivity contribution < 1.29 is 20.2 Å². The molecule has 3 atom stereocenters. The monoisotopic (exact) mass is 560 g/mol. The Labute approximate surface area is 243 Å². The molecular weight excluding hydrogens is 516 g/mol. The van der Waals surface area contributed by atoms with Crippen LogP contribution in [0, 0.1) is 5.92 Å². The molecule has 0 radical (unpaired) electrons. The van der Waals surface area contributed by atoms with E-state index in [1.165, 1.54) is 17.5 Å². The number of nitrogens with one attached hydrogen (secondary N) is 3. The highest BCUT2D eigenvalue weighted by Gasteiger charge is 2.33. The summed E-state index contributed by atoms with van der Waals surface area (Å²) in [5.74, 6) is 0.337. The van der Waals surface area contributed by atoms with Crippen LogP contribution in [0.1, 0.15) is 61.3 Å². The van der Waals surface area contributed by atoms with E-state index in [-0.39, 0.29) is 48.4 Å². The predicted molar refractivity (Wildman–Crippen MR) is 165 cm³/mol. The lowest BCUT2D eigenvalue weighted by molar-refractivity contribution is -0.127. The van der Waals surface area contributed by atoms with E-state index in [4.69, 9.17) is 10.8 Å². The van der Waals surface area contributed by atoms with Gasteiger partial charge in [-0.05, 0) is 54.0 Å². The maximum atomic E-state index is 13.2. The van der Waals surface area contributed by atoms with Gasteiger partial charge in [0.05, 0.1) is 12.6 Å². The summed E-state index contributed by atoms with van der Waals surface area (Å²) in [6.45, 7) is 6.26. The Balaban J connectivity index is 0.000000355. The summed E-state index contributed by atoms with van der Waals surface area (Å²) in [7, 11) is 0. The third-order valence-corrected chi connectivity index (χ3v) is 7.14. The highest BCUT2D eigenvalue weighted by molar-refractivity contribution is 5.89. The largest absolute Gasteiger partial charge is 0.412 e. The Morgan fingerprint density at radius 2 is 1.56 bits per heavy atom. The fourth-order valence-electron chi connectivity index (χ4n) is 5.00. The van der Waals surface area contributed by atoms with E-state index < -0.39 is 0 Å². The molecule has 0 aromatic heterocycles. The van der Waals surface area contributed by atoms with Gasteiger partial charge in [-0.2, -0.15) is 0 Å². The minimum atomic E-state index is -0.344. The average Bonchev–Trinajstić information content (AvgIpc) is 3.00. The van der Waals surface area contributed by atoms with E-state index in [1.54, 1.807) is 12.1 Å². The zero-order valence-electron chi connectivity index (χ0n) is 23.8. The zero-order chi connectivity index (χ0) is 28.7. The Hall–Kier alpha value is -4.14. The van der Waals surface area contributed by atoms with Crippen molar-refractivity contribution in [2.24, 2.45) is 11.7 Å². The molecule has 8 N–H and O–H groups in total. The third-order valence-electron chi connectivity index (χ3n) is 7.14. The van der Waals surface area contributed by atoms with E-state index in [9.17, 15) is 9.59 Å². The van der Waals surface area contributed by atoms with Crippen LogP contribution >= 0.6 is 0 Å². The minimum absolute atomic E-state index is 0. The molecule has 1 fully saturated rings. The van der Waals surface area contributed by atoms with Gasteiger partial charge in [-0.25, -0.2) is 4.79 Å². The molecule has 0 heterocycles. The number of carbonyl (C=O) groups excluding carboxylic acids is 2. The van der Waals surface area contributed by atoms with Crippen LogP contribution in [0.15, 0.2) is 97.2 Å². The van der Waals surface area contributed by atoms with Gasteiger partial charge in [0.2, 0.25) is 5.91 Å². The number of hydrogen-bond donors (Lipinski definition) is 5. The average molecular weight is 561 g/mol. The van der Waals surface area contributed by atoms with E-state index >= 15 is 0 Å². The summed E-state index contributed by atoms with van der Waals surface area (Å²) in [5.41, 5.74) is 10.8. The third kappa shape index (κ3) is 10.4. The number of amides is 3. The number of aryl methyl sites for hydroxylation is 1. The van der Waals surface area contributed by atoms with E-state index in [2.05, 4.69) is 53.7 Å². The van der Waals surface area contributed by atoms with Gasteiger partial charge in [0.1, 0.15) is 0 Å². The van der Waals surface area contributed by atoms with Gasteiger partial charge >= 0.3 is 6.03 Å². The molecule has 0 spiro atoms. The van der Waals surface area contributed by atoms with Gasteiger partial charge in [-0.1, -0.05) is 99.1 Å². The maximum Gasteiger partial charge on any atom is 0.319 e. The number of carbonyl (C=O) groups is 2. The molecule has 3 amide bonds. The Kier molecular flexibility index (Phi) is 14.1. The summed E-state index contributed by atoms with van der Waals surface area (Å²) in [4.78, 5) is 24.2. The normalized spacial score (nSPS) is 16.5. The van der Waals surface area contributed by atoms with Crippen LogP contribution in [0.5, 0.6) is 0 Å². The molecule has 0 bridgehead atoms. The lowest BCUT2D eigenvalue weighted by Crippen LogP contribution is -2.39. The first-order valence-corrected chi connectivity index (χ1v) is 14.0. The fourth-order valence-corrected chi connectivity index (χ4v) is 5.00. The number of aliphatic hydroxyl groups is 1. The topological polar surface area (TPSA) is 148 Å². The molecule has 4 rings (SSSR count). The van der Waals surface area contributed by atoms with E-state index in [0.29, 0.717) is 5.70 Å². The molecular formula is C33H44N4O4. The van der Waals surface area contributed by atoms with Gasteiger partial charge in [0.25, 0.3) is 0 Å². The van der Waals surface area contributed by atoms with Crippen LogP contribution < -0.4 is 21.7 Å². The molecule has 0 saturated heterocycles. The van der Waals surface area contributed by atoms with Crippen LogP contribution in [0.4, 0.5) is 10.5 Å². The first kappa shape index (κ1) is 33.1. The molecule has 0 aliphatic heterocycles. The second-order valence-corrected chi connectivity index (χ2v) is 9.99. The number of aliphatic hydroxyl groups excluding tert-OH is 1. The molecule has 3 aromatic carbocycles. The van der Waals surface area contributed by atoms with Crippen LogP contribution in [-0.4, -0.2) is 35.7 Å². The smallest absolute Gasteiger partial charge is 0.319 e. The van der Waals surface area contributed by atoms with Crippen LogP contribution in [0.2, 0.25) is 0 Å². The molecule has 8 heteroatoms. The second-order valence-electron chi connectivity index (χ2n) is 9.99.